The number of hydrogen-bond donors (Lipinski definition) is 1. The molecule has 7 nitrogen and oxygen atoms in total. The van der Waals surface area contributed by atoms with E-state index in [1.165, 1.54) is 11.1 Å². The van der Waals surface area contributed by atoms with Crippen molar-refractivity contribution in [1.29, 1.82) is 0 Å². The molecule has 32 heavy (non-hydrogen) atoms. The zero-order valence-electron chi connectivity index (χ0n) is 18.1. The van der Waals surface area contributed by atoms with Crippen molar-refractivity contribution < 1.29 is 0 Å². The van der Waals surface area contributed by atoms with Gasteiger partial charge in [0.15, 0.2) is 0 Å². The number of tetrazole rings is 1. The predicted molar refractivity (Wildman–Crippen MR) is 122 cm³/mol. The number of nitrogens with zero attached hydrogens (tertiary/aromatic N) is 6. The first-order chi connectivity index (χ1) is 15.7. The monoisotopic (exact) mass is 421 g/mol. The third-order valence-corrected chi connectivity index (χ3v) is 4.72. The van der Waals surface area contributed by atoms with Crippen LogP contribution in [0.5, 0.6) is 0 Å². The molecule has 158 valence electrons. The van der Waals surface area contributed by atoms with Crippen LogP contribution in [0.15, 0.2) is 48.5 Å². The Morgan fingerprint density at radius 2 is 1.69 bits per heavy atom. The molecule has 4 aromatic rings. The molecule has 7 heteroatoms. The zero-order valence-corrected chi connectivity index (χ0v) is 18.1. The first-order valence-electron chi connectivity index (χ1n) is 10.6. The van der Waals surface area contributed by atoms with E-state index in [4.69, 9.17) is 0 Å². The molecule has 1 N–H and O–H groups in total. The standard InChI is InChI=1S/C25H23N7/c1-3-5-10-23-26-24(11-6-4-2)32(29-23)18-20-14-12-19(13-15-20)16-21-8-7-9-22(17-21)25-27-30-31-28-25/h7-9,12-15,17H,3-4,16,18H2,1-2H3,(H,27,28,30,31). The Hall–Kier alpha value is -4.23. The van der Waals surface area contributed by atoms with Crippen molar-refractivity contribution in [2.75, 3.05) is 0 Å². The molecule has 0 saturated carbocycles. The SMILES string of the molecule is CCC#Cc1nc(C#CCC)n(Cc2ccc(Cc3cccc(-c4nn[nH]n4)c3)cc2)n1. The molecule has 0 aliphatic heterocycles. The van der Waals surface area contributed by atoms with E-state index in [0.29, 0.717) is 24.0 Å². The lowest BCUT2D eigenvalue weighted by atomic mass is 10.0. The molecule has 0 aliphatic carbocycles. The lowest BCUT2D eigenvalue weighted by Crippen LogP contribution is -2.05. The maximum atomic E-state index is 4.53. The highest BCUT2D eigenvalue weighted by atomic mass is 15.5. The lowest BCUT2D eigenvalue weighted by molar-refractivity contribution is 0.673. The van der Waals surface area contributed by atoms with E-state index in [9.17, 15) is 0 Å². The summed E-state index contributed by atoms with van der Waals surface area (Å²) < 4.78 is 1.83. The van der Waals surface area contributed by atoms with E-state index in [1.54, 1.807) is 0 Å². The van der Waals surface area contributed by atoms with E-state index in [0.717, 1.165) is 30.4 Å². The zero-order chi connectivity index (χ0) is 22.2. The average molecular weight is 422 g/mol. The highest BCUT2D eigenvalue weighted by Gasteiger charge is 2.08. The largest absolute Gasteiger partial charge is 0.233 e. The van der Waals surface area contributed by atoms with Gasteiger partial charge in [-0.2, -0.15) is 10.2 Å². The molecular weight excluding hydrogens is 398 g/mol. The molecule has 2 aromatic heterocycles. The van der Waals surface area contributed by atoms with Crippen molar-refractivity contribution in [1.82, 2.24) is 35.4 Å². The third-order valence-electron chi connectivity index (χ3n) is 4.72. The Bertz CT molecular complexity index is 1290. The average Bonchev–Trinajstić information content (AvgIpc) is 3.48. The maximum absolute atomic E-state index is 4.53. The van der Waals surface area contributed by atoms with Gasteiger partial charge in [0.25, 0.3) is 0 Å². The molecule has 0 atom stereocenters. The van der Waals surface area contributed by atoms with Gasteiger partial charge in [0.1, 0.15) is 0 Å². The van der Waals surface area contributed by atoms with Crippen LogP contribution in [0.1, 0.15) is 55.0 Å². The van der Waals surface area contributed by atoms with Gasteiger partial charge in [-0.3, -0.25) is 0 Å². The molecule has 0 unspecified atom stereocenters. The highest BCUT2D eigenvalue weighted by Crippen LogP contribution is 2.18. The summed E-state index contributed by atoms with van der Waals surface area (Å²) in [4.78, 5) is 4.47. The van der Waals surface area contributed by atoms with Crippen LogP contribution in [0, 0.1) is 23.7 Å². The van der Waals surface area contributed by atoms with Crippen molar-refractivity contribution in [3.05, 3.63) is 76.9 Å². The summed E-state index contributed by atoms with van der Waals surface area (Å²) in [7, 11) is 0. The number of H-pyrrole nitrogens is 1. The van der Waals surface area contributed by atoms with Crippen LogP contribution in [0.3, 0.4) is 0 Å². The van der Waals surface area contributed by atoms with Crippen LogP contribution in [0.2, 0.25) is 0 Å². The summed E-state index contributed by atoms with van der Waals surface area (Å²) >= 11 is 0. The number of rotatable bonds is 5. The Labute approximate surface area is 187 Å². The number of benzene rings is 2. The van der Waals surface area contributed by atoms with E-state index >= 15 is 0 Å². The fraction of sp³-hybridized carbons (Fsp3) is 0.240. The fourth-order valence-corrected chi connectivity index (χ4v) is 3.21. The molecule has 0 spiro atoms. The molecule has 4 rings (SSSR count). The van der Waals surface area contributed by atoms with Gasteiger partial charge in [-0.15, -0.1) is 15.3 Å². The fourth-order valence-electron chi connectivity index (χ4n) is 3.21. The van der Waals surface area contributed by atoms with Crippen LogP contribution >= 0.6 is 0 Å². The molecule has 0 saturated heterocycles. The summed E-state index contributed by atoms with van der Waals surface area (Å²) in [6.07, 6.45) is 2.36. The molecule has 0 bridgehead atoms. The summed E-state index contributed by atoms with van der Waals surface area (Å²) in [5, 5.41) is 18.8. The summed E-state index contributed by atoms with van der Waals surface area (Å²) in [6, 6.07) is 16.7. The number of hydrogen-bond acceptors (Lipinski definition) is 5. The van der Waals surface area contributed by atoms with Crippen LogP contribution < -0.4 is 0 Å². The van der Waals surface area contributed by atoms with E-state index < -0.39 is 0 Å². The Morgan fingerprint density at radius 1 is 0.906 bits per heavy atom. The summed E-state index contributed by atoms with van der Waals surface area (Å²) in [6.45, 7) is 4.62. The molecule has 0 amide bonds. The third kappa shape index (κ3) is 5.27. The Kier molecular flexibility index (Phi) is 6.69. The number of aromatic nitrogens is 7. The van der Waals surface area contributed by atoms with Crippen molar-refractivity contribution >= 4 is 0 Å². The second-order valence-electron chi connectivity index (χ2n) is 7.16. The lowest BCUT2D eigenvalue weighted by Gasteiger charge is -2.06. The second kappa shape index (κ2) is 10.2. The van der Waals surface area contributed by atoms with Crippen LogP contribution in [0.4, 0.5) is 0 Å². The minimum atomic E-state index is 0.519. The van der Waals surface area contributed by atoms with E-state index in [-0.39, 0.29) is 0 Å². The van der Waals surface area contributed by atoms with Gasteiger partial charge in [0, 0.05) is 18.4 Å². The Morgan fingerprint density at radius 3 is 2.44 bits per heavy atom. The molecular formula is C25H23N7. The minimum absolute atomic E-state index is 0.519. The minimum Gasteiger partial charge on any atom is -0.233 e. The van der Waals surface area contributed by atoms with Gasteiger partial charge in [-0.25, -0.2) is 4.68 Å². The smallest absolute Gasteiger partial charge is 0.226 e. The first kappa shape index (κ1) is 21.0. The van der Waals surface area contributed by atoms with Gasteiger partial charge in [-0.05, 0) is 46.2 Å². The van der Waals surface area contributed by atoms with Crippen molar-refractivity contribution in [3.63, 3.8) is 0 Å². The van der Waals surface area contributed by atoms with Crippen LogP contribution in [-0.2, 0) is 13.0 Å². The number of nitrogens with one attached hydrogen (secondary N) is 1. The quantitative estimate of drug-likeness (QED) is 0.498. The van der Waals surface area contributed by atoms with Gasteiger partial charge in [-0.1, -0.05) is 68.2 Å². The van der Waals surface area contributed by atoms with Crippen molar-refractivity contribution in [2.45, 2.75) is 39.7 Å². The Balaban J connectivity index is 1.49. The summed E-state index contributed by atoms with van der Waals surface area (Å²) in [5.41, 5.74) is 4.49. The van der Waals surface area contributed by atoms with Gasteiger partial charge in [0.05, 0.1) is 6.54 Å². The van der Waals surface area contributed by atoms with Gasteiger partial charge < -0.3 is 0 Å². The number of aromatic amines is 1. The van der Waals surface area contributed by atoms with Crippen LogP contribution in [-0.4, -0.2) is 35.4 Å². The van der Waals surface area contributed by atoms with E-state index in [1.807, 2.05) is 30.7 Å². The normalized spacial score (nSPS) is 10.2. The molecule has 0 radical (unpaired) electrons. The van der Waals surface area contributed by atoms with Gasteiger partial charge in [0.2, 0.25) is 17.5 Å². The van der Waals surface area contributed by atoms with Crippen molar-refractivity contribution in [3.8, 4) is 35.1 Å². The topological polar surface area (TPSA) is 85.2 Å². The summed E-state index contributed by atoms with van der Waals surface area (Å²) in [5.74, 6) is 13.9. The molecule has 0 fully saturated rings. The second-order valence-corrected chi connectivity index (χ2v) is 7.16. The van der Waals surface area contributed by atoms with Crippen LogP contribution in [0.25, 0.3) is 11.4 Å². The molecule has 2 heterocycles. The predicted octanol–water partition coefficient (Wildman–Crippen LogP) is 3.62. The van der Waals surface area contributed by atoms with Gasteiger partial charge >= 0.3 is 0 Å². The maximum Gasteiger partial charge on any atom is 0.226 e. The van der Waals surface area contributed by atoms with Crippen molar-refractivity contribution in [2.24, 2.45) is 0 Å². The highest BCUT2D eigenvalue weighted by molar-refractivity contribution is 5.55. The first-order valence-corrected chi connectivity index (χ1v) is 10.6. The molecule has 0 aliphatic rings. The molecule has 2 aromatic carbocycles. The van der Waals surface area contributed by atoms with E-state index in [2.05, 4.69) is 90.8 Å².